The standard InChI is InChI=1S/C35H37Cl2N3O7/c36-26-19-22(33(44)40-16-13-35(14-17-40,34(45)46)23-7-3-1-4-8-23)20-27(37)32(26)47-18-6-2-5-15-38-21-29(42)24-9-11-28(41)31-25(24)10-12-30(43)39-31/h1,3-4,7-12,19-20,29,38,41-42H,2,5-6,13-18,21H2,(H,39,43)(H,45,46)/t29-/m0/s1. The van der Waals surface area contributed by atoms with Gasteiger partial charge in [0.2, 0.25) is 5.56 Å². The van der Waals surface area contributed by atoms with Crippen LogP contribution in [0.25, 0.3) is 10.9 Å². The van der Waals surface area contributed by atoms with Crippen molar-refractivity contribution in [2.24, 2.45) is 0 Å². The number of aromatic hydroxyl groups is 1. The van der Waals surface area contributed by atoms with Gasteiger partial charge in [0.05, 0.1) is 33.7 Å². The topological polar surface area (TPSA) is 152 Å². The number of pyridine rings is 1. The summed E-state index contributed by atoms with van der Waals surface area (Å²) in [6, 6.07) is 18.2. The Morgan fingerprint density at radius 1 is 0.979 bits per heavy atom. The SMILES string of the molecule is O=C(c1cc(Cl)c(OCCCCCNC[C@H](O)c2ccc(O)c3[nH]c(=O)ccc23)c(Cl)c1)N1CCC(C(=O)O)(c2ccccc2)CC1. The first-order chi connectivity index (χ1) is 22.6. The number of carboxylic acid groups (broad SMARTS) is 1. The fraction of sp³-hybridized carbons (Fsp3) is 0.343. The molecule has 2 heterocycles. The molecular weight excluding hydrogens is 645 g/mol. The monoisotopic (exact) mass is 681 g/mol. The quantitative estimate of drug-likeness (QED) is 0.113. The van der Waals surface area contributed by atoms with Crippen LogP contribution in [0, 0.1) is 0 Å². The number of phenolic OH excluding ortho intramolecular Hbond substituents is 1. The molecule has 0 bridgehead atoms. The molecular formula is C35H37Cl2N3O7. The number of halogens is 2. The van der Waals surface area contributed by atoms with Gasteiger partial charge < -0.3 is 35.3 Å². The third kappa shape index (κ3) is 7.73. The molecule has 1 aliphatic heterocycles. The number of fused-ring (bicyclic) bond motifs is 1. The van der Waals surface area contributed by atoms with E-state index in [4.69, 9.17) is 27.9 Å². The van der Waals surface area contributed by atoms with E-state index in [9.17, 15) is 29.7 Å². The van der Waals surface area contributed by atoms with Gasteiger partial charge in [0.25, 0.3) is 5.91 Å². The zero-order chi connectivity index (χ0) is 33.6. The number of phenols is 1. The lowest BCUT2D eigenvalue weighted by Crippen LogP contribution is -2.49. The number of benzene rings is 3. The second-order valence-electron chi connectivity index (χ2n) is 11.7. The molecule has 1 aliphatic rings. The molecule has 0 unspecified atom stereocenters. The predicted molar refractivity (Wildman–Crippen MR) is 181 cm³/mol. The Morgan fingerprint density at radius 2 is 1.68 bits per heavy atom. The van der Waals surface area contributed by atoms with E-state index >= 15 is 0 Å². The molecule has 4 aromatic rings. The number of H-pyrrole nitrogens is 1. The fourth-order valence-electron chi connectivity index (χ4n) is 6.08. The van der Waals surface area contributed by atoms with Crippen LogP contribution >= 0.6 is 23.2 Å². The second-order valence-corrected chi connectivity index (χ2v) is 12.5. The molecule has 47 heavy (non-hydrogen) atoms. The van der Waals surface area contributed by atoms with Crippen LogP contribution in [0.5, 0.6) is 11.5 Å². The zero-order valence-corrected chi connectivity index (χ0v) is 27.2. The number of aromatic amines is 1. The van der Waals surface area contributed by atoms with E-state index in [-0.39, 0.29) is 40.4 Å². The number of hydrogen-bond donors (Lipinski definition) is 5. The number of hydrogen-bond acceptors (Lipinski definition) is 7. The number of carbonyl (C=O) groups is 2. The molecule has 1 atom stereocenters. The number of piperidine rings is 1. The summed E-state index contributed by atoms with van der Waals surface area (Å²) in [6.07, 6.45) is 2.18. The summed E-state index contributed by atoms with van der Waals surface area (Å²) < 4.78 is 5.85. The maximum atomic E-state index is 13.3. The van der Waals surface area contributed by atoms with Crippen molar-refractivity contribution in [3.63, 3.8) is 0 Å². The van der Waals surface area contributed by atoms with E-state index in [0.717, 1.165) is 24.8 Å². The van der Waals surface area contributed by atoms with E-state index in [1.807, 2.05) is 30.3 Å². The van der Waals surface area contributed by atoms with Gasteiger partial charge in [-0.3, -0.25) is 14.4 Å². The normalized spacial score (nSPS) is 15.0. The van der Waals surface area contributed by atoms with Crippen LogP contribution in [0.4, 0.5) is 0 Å². The van der Waals surface area contributed by atoms with Crippen molar-refractivity contribution in [2.75, 3.05) is 32.8 Å². The summed E-state index contributed by atoms with van der Waals surface area (Å²) >= 11 is 13.0. The van der Waals surface area contributed by atoms with Crippen molar-refractivity contribution in [2.45, 2.75) is 43.6 Å². The van der Waals surface area contributed by atoms with Gasteiger partial charge in [-0.25, -0.2) is 0 Å². The van der Waals surface area contributed by atoms with E-state index in [1.165, 1.54) is 24.3 Å². The van der Waals surface area contributed by atoms with Crippen LogP contribution in [0.1, 0.15) is 59.7 Å². The van der Waals surface area contributed by atoms with Gasteiger partial charge in [0, 0.05) is 36.7 Å². The molecule has 0 radical (unpaired) electrons. The summed E-state index contributed by atoms with van der Waals surface area (Å²) in [5.41, 5.74) is 0.594. The number of ether oxygens (including phenoxy) is 1. The smallest absolute Gasteiger partial charge is 0.314 e. The number of aromatic nitrogens is 1. The number of nitrogens with one attached hydrogen (secondary N) is 2. The number of aliphatic hydroxyl groups is 1. The first kappa shape index (κ1) is 34.3. The molecule has 10 nitrogen and oxygen atoms in total. The molecule has 3 aromatic carbocycles. The minimum absolute atomic E-state index is 0.0530. The Labute approximate surface area is 281 Å². The van der Waals surface area contributed by atoms with Gasteiger partial charge in [0.1, 0.15) is 5.75 Å². The first-order valence-corrected chi connectivity index (χ1v) is 16.3. The lowest BCUT2D eigenvalue weighted by Gasteiger charge is -2.39. The number of nitrogens with zero attached hydrogens (tertiary/aromatic N) is 1. The fourth-order valence-corrected chi connectivity index (χ4v) is 6.68. The highest BCUT2D eigenvalue weighted by atomic mass is 35.5. The molecule has 12 heteroatoms. The molecule has 1 aromatic heterocycles. The number of aliphatic carboxylic acids is 1. The van der Waals surface area contributed by atoms with Gasteiger partial charge >= 0.3 is 5.97 Å². The number of aliphatic hydroxyl groups excluding tert-OH is 1. The third-order valence-electron chi connectivity index (χ3n) is 8.73. The van der Waals surface area contributed by atoms with E-state index in [1.54, 1.807) is 17.0 Å². The summed E-state index contributed by atoms with van der Waals surface area (Å²) in [4.78, 5) is 41.4. The van der Waals surface area contributed by atoms with Crippen molar-refractivity contribution in [1.82, 2.24) is 15.2 Å². The van der Waals surface area contributed by atoms with E-state index in [0.29, 0.717) is 60.3 Å². The van der Waals surface area contributed by atoms with Crippen molar-refractivity contribution < 1.29 is 29.6 Å². The van der Waals surface area contributed by atoms with Gasteiger partial charge in [0.15, 0.2) is 5.75 Å². The largest absolute Gasteiger partial charge is 0.506 e. The molecule has 5 rings (SSSR count). The Morgan fingerprint density at radius 3 is 2.36 bits per heavy atom. The lowest BCUT2D eigenvalue weighted by molar-refractivity contribution is -0.145. The molecule has 0 spiro atoms. The maximum Gasteiger partial charge on any atom is 0.314 e. The molecule has 0 aliphatic carbocycles. The summed E-state index contributed by atoms with van der Waals surface area (Å²) in [6.45, 7) is 1.92. The van der Waals surface area contributed by atoms with E-state index in [2.05, 4.69) is 10.3 Å². The van der Waals surface area contributed by atoms with Crippen LogP contribution in [0.3, 0.4) is 0 Å². The number of rotatable bonds is 13. The van der Waals surface area contributed by atoms with Crippen molar-refractivity contribution >= 4 is 46.0 Å². The Kier molecular flexibility index (Phi) is 11.1. The number of amides is 1. The molecule has 1 fully saturated rings. The average Bonchev–Trinajstić information content (AvgIpc) is 3.07. The molecule has 1 amide bonds. The van der Waals surface area contributed by atoms with Gasteiger partial charge in [-0.15, -0.1) is 0 Å². The second kappa shape index (κ2) is 15.2. The Bertz CT molecular complexity index is 1770. The van der Waals surface area contributed by atoms with Crippen molar-refractivity contribution in [3.05, 3.63) is 104 Å². The Hall–Kier alpha value is -4.09. The van der Waals surface area contributed by atoms with Crippen LogP contribution in [0.15, 0.2) is 71.5 Å². The van der Waals surface area contributed by atoms with Gasteiger partial charge in [-0.2, -0.15) is 0 Å². The average molecular weight is 683 g/mol. The van der Waals surface area contributed by atoms with Gasteiger partial charge in [-0.05, 0) is 74.0 Å². The highest BCUT2D eigenvalue weighted by molar-refractivity contribution is 6.37. The van der Waals surface area contributed by atoms with Crippen molar-refractivity contribution in [1.29, 1.82) is 0 Å². The number of unbranched alkanes of at least 4 members (excludes halogenated alkanes) is 2. The van der Waals surface area contributed by atoms with Crippen molar-refractivity contribution in [3.8, 4) is 11.5 Å². The summed E-state index contributed by atoms with van der Waals surface area (Å²) in [5, 5.41) is 35.0. The minimum Gasteiger partial charge on any atom is -0.506 e. The van der Waals surface area contributed by atoms with Crippen LogP contribution in [-0.4, -0.2) is 69.9 Å². The van der Waals surface area contributed by atoms with Gasteiger partial charge in [-0.1, -0.05) is 59.6 Å². The zero-order valence-electron chi connectivity index (χ0n) is 25.7. The molecule has 0 saturated carbocycles. The summed E-state index contributed by atoms with van der Waals surface area (Å²) in [5.74, 6) is -0.902. The predicted octanol–water partition coefficient (Wildman–Crippen LogP) is 5.67. The Balaban J connectivity index is 1.05. The maximum absolute atomic E-state index is 13.3. The molecule has 5 N–H and O–H groups in total. The summed E-state index contributed by atoms with van der Waals surface area (Å²) in [7, 11) is 0. The molecule has 248 valence electrons. The van der Waals surface area contributed by atoms with E-state index < -0.39 is 17.5 Å². The lowest BCUT2D eigenvalue weighted by atomic mass is 9.73. The number of carboxylic acids is 1. The first-order valence-electron chi connectivity index (χ1n) is 15.5. The highest BCUT2D eigenvalue weighted by Gasteiger charge is 2.44. The van der Waals surface area contributed by atoms with Crippen LogP contribution in [0.2, 0.25) is 10.0 Å². The van der Waals surface area contributed by atoms with Crippen LogP contribution < -0.4 is 15.6 Å². The van der Waals surface area contributed by atoms with Crippen LogP contribution in [-0.2, 0) is 10.2 Å². The number of likely N-dealkylation sites (tertiary alicyclic amines) is 1. The number of carbonyl (C=O) groups excluding carboxylic acids is 1. The third-order valence-corrected chi connectivity index (χ3v) is 9.29. The molecule has 1 saturated heterocycles. The minimum atomic E-state index is -1.03. The highest BCUT2D eigenvalue weighted by Crippen LogP contribution is 2.38.